The lowest BCUT2D eigenvalue weighted by atomic mass is 10.2. The summed E-state index contributed by atoms with van der Waals surface area (Å²) >= 11 is 1.58. The minimum Gasteiger partial charge on any atom is -0.345 e. The average molecular weight is 370 g/mol. The van der Waals surface area contributed by atoms with Gasteiger partial charge in [-0.3, -0.25) is 14.4 Å². The Morgan fingerprint density at radius 2 is 2.31 bits per heavy atom. The molecule has 2 N–H and O–H groups in total. The fourth-order valence-corrected chi connectivity index (χ4v) is 4.51. The van der Waals surface area contributed by atoms with Gasteiger partial charge in [0.15, 0.2) is 0 Å². The summed E-state index contributed by atoms with van der Waals surface area (Å²) in [5, 5.41) is 6.97. The zero-order valence-corrected chi connectivity index (χ0v) is 15.7. The number of carbonyl (C=O) groups is 1. The number of thiophene rings is 1. The normalized spacial score (nSPS) is 17.7. The van der Waals surface area contributed by atoms with E-state index in [-0.39, 0.29) is 5.91 Å². The lowest BCUT2D eigenvalue weighted by molar-refractivity contribution is 0.103. The molecule has 0 aliphatic carbocycles. The third-order valence-electron chi connectivity index (χ3n) is 4.63. The molecule has 26 heavy (non-hydrogen) atoms. The quantitative estimate of drug-likeness (QED) is 0.723. The lowest BCUT2D eigenvalue weighted by Gasteiger charge is -2.22. The van der Waals surface area contributed by atoms with Crippen LogP contribution in [0.4, 0.5) is 5.69 Å². The molecule has 4 rings (SSSR count). The first-order valence-corrected chi connectivity index (χ1v) is 9.54. The number of aromatic nitrogens is 4. The molecule has 3 aromatic heterocycles. The van der Waals surface area contributed by atoms with Crippen LogP contribution in [0.5, 0.6) is 0 Å². The van der Waals surface area contributed by atoms with E-state index in [0.29, 0.717) is 11.7 Å². The van der Waals surface area contributed by atoms with Crippen molar-refractivity contribution in [3.8, 4) is 0 Å². The number of nitrogens with zero attached hydrogens (tertiary/aromatic N) is 4. The van der Waals surface area contributed by atoms with Crippen molar-refractivity contribution in [1.29, 1.82) is 0 Å². The zero-order chi connectivity index (χ0) is 18.1. The molecule has 1 atom stereocenters. The molecule has 1 amide bonds. The van der Waals surface area contributed by atoms with Crippen LogP contribution >= 0.6 is 11.3 Å². The number of rotatable bonds is 5. The van der Waals surface area contributed by atoms with Gasteiger partial charge in [0.25, 0.3) is 5.91 Å². The molecule has 4 heterocycles. The first-order chi connectivity index (χ1) is 12.6. The zero-order valence-electron chi connectivity index (χ0n) is 14.9. The van der Waals surface area contributed by atoms with Crippen LogP contribution in [0.25, 0.3) is 0 Å². The van der Waals surface area contributed by atoms with Gasteiger partial charge in [-0.05, 0) is 38.4 Å². The van der Waals surface area contributed by atoms with E-state index in [4.69, 9.17) is 0 Å². The van der Waals surface area contributed by atoms with Crippen LogP contribution in [0.3, 0.4) is 0 Å². The van der Waals surface area contributed by atoms with Gasteiger partial charge >= 0.3 is 0 Å². The van der Waals surface area contributed by atoms with Gasteiger partial charge in [0, 0.05) is 42.6 Å². The van der Waals surface area contributed by atoms with Crippen molar-refractivity contribution >= 4 is 22.9 Å². The van der Waals surface area contributed by atoms with Crippen LogP contribution in [-0.4, -0.2) is 37.1 Å². The van der Waals surface area contributed by atoms with Gasteiger partial charge in [-0.15, -0.1) is 11.3 Å². The Bertz CT molecular complexity index is 910. The van der Waals surface area contributed by atoms with Crippen LogP contribution in [0.1, 0.15) is 45.0 Å². The summed E-state index contributed by atoms with van der Waals surface area (Å²) in [5.41, 5.74) is 1.85. The molecule has 8 heteroatoms. The highest BCUT2D eigenvalue weighted by Gasteiger charge is 2.28. The molecule has 0 saturated carbocycles. The van der Waals surface area contributed by atoms with Crippen molar-refractivity contribution in [2.45, 2.75) is 32.4 Å². The average Bonchev–Trinajstić information content (AvgIpc) is 3.36. The molecule has 1 aliphatic rings. The molecule has 1 unspecified atom stereocenters. The molecule has 1 fully saturated rings. The Morgan fingerprint density at radius 3 is 3.04 bits per heavy atom. The molecule has 0 radical (unpaired) electrons. The summed E-state index contributed by atoms with van der Waals surface area (Å²) in [4.78, 5) is 24.5. The smallest absolute Gasteiger partial charge is 0.265 e. The van der Waals surface area contributed by atoms with Crippen molar-refractivity contribution in [2.24, 2.45) is 7.05 Å². The van der Waals surface area contributed by atoms with E-state index in [9.17, 15) is 4.79 Å². The summed E-state index contributed by atoms with van der Waals surface area (Å²) in [7, 11) is 1.83. The Hall–Kier alpha value is -2.45. The SMILES string of the molecule is Cc1ncc(CN2CCCC2c2ccc(C(=O)Nc3cnn(C)c3)s2)[nH]1. The van der Waals surface area contributed by atoms with Crippen molar-refractivity contribution in [3.05, 3.63) is 52.0 Å². The molecule has 3 aromatic rings. The largest absolute Gasteiger partial charge is 0.345 e. The van der Waals surface area contributed by atoms with E-state index in [0.717, 1.165) is 35.9 Å². The molecular formula is C18H22N6OS. The fourth-order valence-electron chi connectivity index (χ4n) is 3.44. The molecule has 1 saturated heterocycles. The van der Waals surface area contributed by atoms with Crippen LogP contribution in [0.15, 0.2) is 30.7 Å². The molecular weight excluding hydrogens is 348 g/mol. The second-order valence-corrected chi connectivity index (χ2v) is 7.80. The number of likely N-dealkylation sites (tertiary alicyclic amines) is 1. The number of hydrogen-bond acceptors (Lipinski definition) is 5. The maximum absolute atomic E-state index is 12.5. The van der Waals surface area contributed by atoms with E-state index < -0.39 is 0 Å². The molecule has 0 bridgehead atoms. The number of anilines is 1. The number of hydrogen-bond donors (Lipinski definition) is 2. The summed E-state index contributed by atoms with van der Waals surface area (Å²) in [6.07, 6.45) is 7.64. The van der Waals surface area contributed by atoms with Crippen molar-refractivity contribution in [2.75, 3.05) is 11.9 Å². The van der Waals surface area contributed by atoms with E-state index in [2.05, 4.69) is 31.3 Å². The maximum atomic E-state index is 12.5. The summed E-state index contributed by atoms with van der Waals surface area (Å²) in [5.74, 6) is 0.865. The van der Waals surface area contributed by atoms with Gasteiger partial charge in [0.1, 0.15) is 5.82 Å². The van der Waals surface area contributed by atoms with Crippen LogP contribution in [0.2, 0.25) is 0 Å². The highest BCUT2D eigenvalue weighted by molar-refractivity contribution is 7.14. The minimum atomic E-state index is -0.0806. The van der Waals surface area contributed by atoms with Gasteiger partial charge in [0.2, 0.25) is 0 Å². The van der Waals surface area contributed by atoms with E-state index in [1.54, 1.807) is 28.4 Å². The van der Waals surface area contributed by atoms with E-state index in [1.165, 1.54) is 11.3 Å². The summed E-state index contributed by atoms with van der Waals surface area (Å²) < 4.78 is 1.67. The van der Waals surface area contributed by atoms with Gasteiger partial charge < -0.3 is 10.3 Å². The molecule has 136 valence electrons. The first kappa shape index (κ1) is 17.0. The number of aromatic amines is 1. The number of amides is 1. The molecule has 7 nitrogen and oxygen atoms in total. The van der Waals surface area contributed by atoms with E-state index in [1.807, 2.05) is 26.2 Å². The van der Waals surface area contributed by atoms with Crippen LogP contribution in [0, 0.1) is 6.92 Å². The third-order valence-corrected chi connectivity index (χ3v) is 5.82. The number of nitrogens with one attached hydrogen (secondary N) is 2. The summed E-state index contributed by atoms with van der Waals surface area (Å²) in [6.45, 7) is 3.90. The number of aryl methyl sites for hydroxylation is 2. The molecule has 1 aliphatic heterocycles. The predicted octanol–water partition coefficient (Wildman–Crippen LogP) is 3.10. The predicted molar refractivity (Wildman–Crippen MR) is 101 cm³/mol. The van der Waals surface area contributed by atoms with Gasteiger partial charge in [0.05, 0.1) is 16.8 Å². The number of carbonyl (C=O) groups excluding carboxylic acids is 1. The van der Waals surface area contributed by atoms with Gasteiger partial charge in [-0.1, -0.05) is 0 Å². The topological polar surface area (TPSA) is 78.8 Å². The highest BCUT2D eigenvalue weighted by atomic mass is 32.1. The standard InChI is InChI=1S/C18H22N6OS/c1-12-19-8-13(21-12)11-24-7-3-4-15(24)16-5-6-17(26-16)18(25)22-14-9-20-23(2)10-14/h5-6,8-10,15H,3-4,7,11H2,1-2H3,(H,19,21)(H,22,25). The first-order valence-electron chi connectivity index (χ1n) is 8.73. The Balaban J connectivity index is 1.45. The number of imidazole rings is 1. The van der Waals surface area contributed by atoms with Crippen molar-refractivity contribution < 1.29 is 4.79 Å². The highest BCUT2D eigenvalue weighted by Crippen LogP contribution is 2.36. The second kappa shape index (κ2) is 7.05. The number of H-pyrrole nitrogens is 1. The van der Waals surface area contributed by atoms with E-state index >= 15 is 0 Å². The Labute approximate surface area is 156 Å². The van der Waals surface area contributed by atoms with Crippen molar-refractivity contribution in [3.63, 3.8) is 0 Å². The lowest BCUT2D eigenvalue weighted by Crippen LogP contribution is -2.22. The van der Waals surface area contributed by atoms with Crippen molar-refractivity contribution in [1.82, 2.24) is 24.6 Å². The monoisotopic (exact) mass is 370 g/mol. The van der Waals surface area contributed by atoms with Crippen LogP contribution < -0.4 is 5.32 Å². The second-order valence-electron chi connectivity index (χ2n) is 6.68. The summed E-state index contributed by atoms with van der Waals surface area (Å²) in [6, 6.07) is 4.37. The Morgan fingerprint density at radius 1 is 1.42 bits per heavy atom. The van der Waals surface area contributed by atoms with Gasteiger partial charge in [-0.2, -0.15) is 5.10 Å². The van der Waals surface area contributed by atoms with Gasteiger partial charge in [-0.25, -0.2) is 4.98 Å². The maximum Gasteiger partial charge on any atom is 0.265 e. The third kappa shape index (κ3) is 3.56. The Kier molecular flexibility index (Phi) is 4.60. The molecule has 0 spiro atoms. The van der Waals surface area contributed by atoms with Crippen LogP contribution in [-0.2, 0) is 13.6 Å². The minimum absolute atomic E-state index is 0.0806. The molecule has 0 aromatic carbocycles. The fraction of sp³-hybridized carbons (Fsp3) is 0.389.